The van der Waals surface area contributed by atoms with Crippen LogP contribution in [0, 0.1) is 5.82 Å². The third-order valence-corrected chi connectivity index (χ3v) is 3.68. The Hall–Kier alpha value is -2.93. The van der Waals surface area contributed by atoms with Crippen molar-refractivity contribution in [3.8, 4) is 5.75 Å². The average molecular weight is 350 g/mol. The second-order valence-electron chi connectivity index (χ2n) is 4.80. The molecule has 0 saturated carbocycles. The van der Waals surface area contributed by atoms with Crippen LogP contribution < -0.4 is 4.74 Å². The molecule has 0 aromatic heterocycles. The summed E-state index contributed by atoms with van der Waals surface area (Å²) >= 11 is 5.85. The van der Waals surface area contributed by atoms with Crippen LogP contribution in [0.25, 0.3) is 0 Å². The molecule has 0 atom stereocenters. The van der Waals surface area contributed by atoms with Crippen molar-refractivity contribution in [2.45, 2.75) is 0 Å². The Morgan fingerprint density at radius 1 is 1.12 bits per heavy atom. The van der Waals surface area contributed by atoms with Gasteiger partial charge >= 0.3 is 5.97 Å². The number of carbonyl (C=O) groups is 3. The van der Waals surface area contributed by atoms with Crippen molar-refractivity contribution in [3.05, 3.63) is 63.9 Å². The zero-order valence-corrected chi connectivity index (χ0v) is 13.0. The Balaban J connectivity index is 1.90. The molecule has 8 heteroatoms. The Morgan fingerprint density at radius 2 is 1.71 bits per heavy atom. The van der Waals surface area contributed by atoms with E-state index in [0.29, 0.717) is 0 Å². The number of benzene rings is 2. The topological polar surface area (TPSA) is 72.9 Å². The molecule has 1 aliphatic heterocycles. The first-order valence-electron chi connectivity index (χ1n) is 6.67. The molecule has 0 aliphatic carbocycles. The van der Waals surface area contributed by atoms with Crippen molar-refractivity contribution in [2.24, 2.45) is 0 Å². The summed E-state index contributed by atoms with van der Waals surface area (Å²) < 4.78 is 18.9. The van der Waals surface area contributed by atoms with E-state index in [-0.39, 0.29) is 27.0 Å². The van der Waals surface area contributed by atoms with Gasteiger partial charge in [0.05, 0.1) is 23.3 Å². The van der Waals surface area contributed by atoms with Gasteiger partial charge in [-0.1, -0.05) is 28.8 Å². The van der Waals surface area contributed by atoms with Gasteiger partial charge in [-0.15, -0.1) is 0 Å². The molecule has 6 nitrogen and oxygen atoms in total. The summed E-state index contributed by atoms with van der Waals surface area (Å²) in [7, 11) is 1.31. The van der Waals surface area contributed by atoms with Crippen molar-refractivity contribution in [2.75, 3.05) is 7.11 Å². The lowest BCUT2D eigenvalue weighted by Crippen LogP contribution is -2.33. The Bertz CT molecular complexity index is 825. The standard InChI is InChI=1S/C16H9ClFNO5/c1-23-8-6-11(17)13(12(18)7-8)16(22)24-19-14(20)9-4-2-3-5-10(9)15(19)21/h2-7H,1H3. The van der Waals surface area contributed by atoms with Crippen LogP contribution in [0.3, 0.4) is 0 Å². The number of carbonyl (C=O) groups excluding carboxylic acids is 3. The Morgan fingerprint density at radius 3 is 2.21 bits per heavy atom. The van der Waals surface area contributed by atoms with Gasteiger partial charge in [0.25, 0.3) is 11.8 Å². The lowest BCUT2D eigenvalue weighted by molar-refractivity contribution is -0.0587. The number of imide groups is 1. The quantitative estimate of drug-likeness (QED) is 0.797. The minimum Gasteiger partial charge on any atom is -0.497 e. The van der Waals surface area contributed by atoms with Gasteiger partial charge in [-0.25, -0.2) is 9.18 Å². The first-order valence-corrected chi connectivity index (χ1v) is 7.05. The highest BCUT2D eigenvalue weighted by Gasteiger charge is 2.39. The smallest absolute Gasteiger partial charge is 0.368 e. The first-order chi connectivity index (χ1) is 11.4. The zero-order valence-electron chi connectivity index (χ0n) is 12.2. The number of nitrogens with zero attached hydrogens (tertiary/aromatic N) is 1. The number of ether oxygens (including phenoxy) is 1. The molecule has 2 aromatic rings. The molecule has 1 heterocycles. The maximum Gasteiger partial charge on any atom is 0.368 e. The number of hydrogen-bond acceptors (Lipinski definition) is 5. The van der Waals surface area contributed by atoms with Crippen molar-refractivity contribution in [3.63, 3.8) is 0 Å². The third kappa shape index (κ3) is 2.48. The van der Waals surface area contributed by atoms with Crippen molar-refractivity contribution in [1.82, 2.24) is 5.06 Å². The maximum absolute atomic E-state index is 14.0. The fraction of sp³-hybridized carbons (Fsp3) is 0.0625. The number of rotatable bonds is 3. The molecule has 0 fully saturated rings. The SMILES string of the molecule is COc1cc(F)c(C(=O)ON2C(=O)c3ccccc3C2=O)c(Cl)c1. The highest BCUT2D eigenvalue weighted by Crippen LogP contribution is 2.28. The zero-order chi connectivity index (χ0) is 17.4. The van der Waals surface area contributed by atoms with Gasteiger partial charge in [-0.05, 0) is 18.2 Å². The van der Waals surface area contributed by atoms with Gasteiger partial charge in [0.1, 0.15) is 17.1 Å². The van der Waals surface area contributed by atoms with Crippen LogP contribution in [0.2, 0.25) is 5.02 Å². The summed E-state index contributed by atoms with van der Waals surface area (Å²) in [5.41, 5.74) is -0.415. The Kier molecular flexibility index (Phi) is 3.94. The summed E-state index contributed by atoms with van der Waals surface area (Å²) in [5.74, 6) is -3.78. The second-order valence-corrected chi connectivity index (χ2v) is 5.20. The van der Waals surface area contributed by atoms with E-state index in [0.717, 1.165) is 6.07 Å². The molecule has 3 rings (SSSR count). The molecule has 0 spiro atoms. The molecule has 122 valence electrons. The second kappa shape index (κ2) is 5.93. The van der Waals surface area contributed by atoms with Crippen LogP contribution in [-0.2, 0) is 4.84 Å². The Labute approximate surface area is 140 Å². The summed E-state index contributed by atoms with van der Waals surface area (Å²) in [4.78, 5) is 41.2. The van der Waals surface area contributed by atoms with E-state index < -0.39 is 29.2 Å². The highest BCUT2D eigenvalue weighted by molar-refractivity contribution is 6.33. The molecule has 2 aromatic carbocycles. The lowest BCUT2D eigenvalue weighted by Gasteiger charge is -2.14. The first kappa shape index (κ1) is 15.9. The number of halogens is 2. The number of methoxy groups -OCH3 is 1. The van der Waals surface area contributed by atoms with Crippen LogP contribution in [0.15, 0.2) is 36.4 Å². The van der Waals surface area contributed by atoms with Gasteiger partial charge < -0.3 is 9.57 Å². The van der Waals surface area contributed by atoms with Crippen molar-refractivity contribution < 1.29 is 28.3 Å². The van der Waals surface area contributed by atoms with Gasteiger partial charge in [0, 0.05) is 6.07 Å². The van der Waals surface area contributed by atoms with Gasteiger partial charge in [0.15, 0.2) is 0 Å². The molecule has 0 unspecified atom stereocenters. The van der Waals surface area contributed by atoms with E-state index in [9.17, 15) is 18.8 Å². The average Bonchev–Trinajstić information content (AvgIpc) is 2.79. The number of hydroxylamine groups is 2. The van der Waals surface area contributed by atoms with Crippen LogP contribution in [0.4, 0.5) is 4.39 Å². The van der Waals surface area contributed by atoms with E-state index in [4.69, 9.17) is 21.2 Å². The van der Waals surface area contributed by atoms with Crippen LogP contribution in [-0.4, -0.2) is 30.0 Å². The minimum atomic E-state index is -1.27. The third-order valence-electron chi connectivity index (χ3n) is 3.39. The minimum absolute atomic E-state index is 0.0941. The van der Waals surface area contributed by atoms with E-state index >= 15 is 0 Å². The molecule has 0 saturated heterocycles. The summed E-state index contributed by atoms with van der Waals surface area (Å²) in [6.07, 6.45) is 0. The molecular formula is C16H9ClFNO5. The van der Waals surface area contributed by atoms with E-state index in [1.54, 1.807) is 12.1 Å². The molecule has 0 N–H and O–H groups in total. The highest BCUT2D eigenvalue weighted by atomic mass is 35.5. The number of amides is 2. The molecule has 0 radical (unpaired) electrons. The molecule has 1 aliphatic rings. The summed E-state index contributed by atoms with van der Waals surface area (Å²) in [6.45, 7) is 0. The molecule has 0 bridgehead atoms. The van der Waals surface area contributed by atoms with E-state index in [1.807, 2.05) is 0 Å². The monoisotopic (exact) mass is 349 g/mol. The fourth-order valence-electron chi connectivity index (χ4n) is 2.24. The summed E-state index contributed by atoms with van der Waals surface area (Å²) in [6, 6.07) is 8.12. The number of fused-ring (bicyclic) bond motifs is 1. The largest absolute Gasteiger partial charge is 0.497 e. The van der Waals surface area contributed by atoms with Gasteiger partial charge in [0.2, 0.25) is 0 Å². The molecular weight excluding hydrogens is 341 g/mol. The van der Waals surface area contributed by atoms with Crippen LogP contribution >= 0.6 is 11.6 Å². The van der Waals surface area contributed by atoms with E-state index in [1.165, 1.54) is 25.3 Å². The summed E-state index contributed by atoms with van der Waals surface area (Å²) in [5, 5.41) is 0.0148. The van der Waals surface area contributed by atoms with Gasteiger partial charge in [-0.3, -0.25) is 9.59 Å². The van der Waals surface area contributed by atoms with Crippen molar-refractivity contribution >= 4 is 29.4 Å². The van der Waals surface area contributed by atoms with Gasteiger partial charge in [-0.2, -0.15) is 0 Å². The van der Waals surface area contributed by atoms with Crippen LogP contribution in [0.1, 0.15) is 31.1 Å². The normalized spacial score (nSPS) is 13.0. The number of hydrogen-bond donors (Lipinski definition) is 0. The fourth-order valence-corrected chi connectivity index (χ4v) is 2.52. The van der Waals surface area contributed by atoms with Crippen LogP contribution in [0.5, 0.6) is 5.75 Å². The lowest BCUT2D eigenvalue weighted by atomic mass is 10.1. The molecule has 24 heavy (non-hydrogen) atoms. The van der Waals surface area contributed by atoms with E-state index in [2.05, 4.69) is 0 Å². The predicted octanol–water partition coefficient (Wildman–Crippen LogP) is 2.86. The van der Waals surface area contributed by atoms with Crippen molar-refractivity contribution in [1.29, 1.82) is 0 Å². The molecule has 2 amide bonds. The maximum atomic E-state index is 14.0. The predicted molar refractivity (Wildman–Crippen MR) is 80.3 cm³/mol.